The average molecular weight is 440 g/mol. The molecule has 2 heterocycles. The Morgan fingerprint density at radius 1 is 1.16 bits per heavy atom. The number of ether oxygens (including phenoxy) is 2. The Balaban J connectivity index is 1.55. The minimum Gasteiger partial charge on any atom is -0.462 e. The van der Waals surface area contributed by atoms with E-state index < -0.39 is 5.60 Å². The third-order valence-electron chi connectivity index (χ3n) is 5.51. The molecule has 4 rings (SSSR count). The van der Waals surface area contributed by atoms with Crippen LogP contribution in [0.3, 0.4) is 0 Å². The van der Waals surface area contributed by atoms with Crippen LogP contribution in [0.4, 0.5) is 9.18 Å². The second kappa shape index (κ2) is 9.18. The summed E-state index contributed by atoms with van der Waals surface area (Å²) in [6.45, 7) is 7.03. The number of aromatic nitrogens is 2. The summed E-state index contributed by atoms with van der Waals surface area (Å²) in [6.07, 6.45) is 2.53. The minimum atomic E-state index is -0.543. The lowest BCUT2D eigenvalue weighted by molar-refractivity contribution is 0.00290. The first-order valence-electron chi connectivity index (χ1n) is 11.1. The number of carbonyl (C=O) groups excluding carboxylic acids is 1. The Bertz CT molecular complexity index is 1090. The lowest BCUT2D eigenvalue weighted by Gasteiger charge is -2.36. The minimum absolute atomic E-state index is 0.0824. The molecule has 0 spiro atoms. The van der Waals surface area contributed by atoms with E-state index in [1.807, 2.05) is 55.7 Å². The van der Waals surface area contributed by atoms with Crippen molar-refractivity contribution >= 4 is 17.1 Å². The first-order chi connectivity index (χ1) is 15.3. The Labute approximate surface area is 187 Å². The fourth-order valence-corrected chi connectivity index (χ4v) is 4.04. The lowest BCUT2D eigenvalue weighted by Crippen LogP contribution is -2.48. The van der Waals surface area contributed by atoms with Gasteiger partial charge in [-0.05, 0) is 69.9 Å². The van der Waals surface area contributed by atoms with Crippen LogP contribution in [0.1, 0.15) is 45.6 Å². The molecule has 0 N–H and O–H groups in total. The SMILES string of the molecule is CC(C)(C)OC(=O)N1CCCCC1COc1nc2ccccc2n1Cc1cccc(F)c1. The Kier molecular flexibility index (Phi) is 6.35. The molecule has 170 valence electrons. The van der Waals surface area contributed by atoms with Crippen LogP contribution < -0.4 is 4.74 Å². The van der Waals surface area contributed by atoms with E-state index in [1.54, 1.807) is 11.0 Å². The van der Waals surface area contributed by atoms with Crippen molar-refractivity contribution in [2.45, 2.75) is 58.2 Å². The van der Waals surface area contributed by atoms with Crippen LogP contribution in [-0.4, -0.2) is 45.3 Å². The molecule has 0 bridgehead atoms. The number of carbonyl (C=O) groups is 1. The van der Waals surface area contributed by atoms with Crippen molar-refractivity contribution in [2.75, 3.05) is 13.2 Å². The summed E-state index contributed by atoms with van der Waals surface area (Å²) in [7, 11) is 0. The highest BCUT2D eigenvalue weighted by molar-refractivity contribution is 5.76. The third-order valence-corrected chi connectivity index (χ3v) is 5.51. The van der Waals surface area contributed by atoms with E-state index in [1.165, 1.54) is 12.1 Å². The molecule has 1 unspecified atom stereocenters. The van der Waals surface area contributed by atoms with Gasteiger partial charge in [-0.2, -0.15) is 4.98 Å². The van der Waals surface area contributed by atoms with Gasteiger partial charge in [-0.3, -0.25) is 4.57 Å². The fraction of sp³-hybridized carbons (Fsp3) is 0.440. The highest BCUT2D eigenvalue weighted by Gasteiger charge is 2.31. The fourth-order valence-electron chi connectivity index (χ4n) is 4.04. The molecule has 1 atom stereocenters. The molecule has 6 nitrogen and oxygen atoms in total. The van der Waals surface area contributed by atoms with Crippen molar-refractivity contribution in [1.82, 2.24) is 14.5 Å². The number of hydrogen-bond acceptors (Lipinski definition) is 4. The van der Waals surface area contributed by atoms with Gasteiger partial charge in [0.25, 0.3) is 6.01 Å². The van der Waals surface area contributed by atoms with Gasteiger partial charge in [0.1, 0.15) is 18.0 Å². The van der Waals surface area contributed by atoms with Crippen LogP contribution in [-0.2, 0) is 11.3 Å². The highest BCUT2D eigenvalue weighted by atomic mass is 19.1. The monoisotopic (exact) mass is 439 g/mol. The predicted octanol–water partition coefficient (Wildman–Crippen LogP) is 5.39. The van der Waals surface area contributed by atoms with Gasteiger partial charge < -0.3 is 14.4 Å². The normalized spacial score (nSPS) is 16.9. The van der Waals surface area contributed by atoms with E-state index in [9.17, 15) is 9.18 Å². The molecule has 3 aromatic rings. The quantitative estimate of drug-likeness (QED) is 0.535. The van der Waals surface area contributed by atoms with Crippen LogP contribution in [0.15, 0.2) is 48.5 Å². The maximum atomic E-state index is 13.7. The smallest absolute Gasteiger partial charge is 0.410 e. The van der Waals surface area contributed by atoms with Gasteiger partial charge in [-0.1, -0.05) is 24.3 Å². The number of imidazole rings is 1. The van der Waals surface area contributed by atoms with Crippen molar-refractivity contribution in [3.8, 4) is 6.01 Å². The number of para-hydroxylation sites is 2. The summed E-state index contributed by atoms with van der Waals surface area (Å²) in [5, 5.41) is 0. The molecule has 1 aliphatic rings. The Morgan fingerprint density at radius 2 is 1.97 bits per heavy atom. The van der Waals surface area contributed by atoms with Crippen molar-refractivity contribution in [2.24, 2.45) is 0 Å². The van der Waals surface area contributed by atoms with Gasteiger partial charge in [0, 0.05) is 6.54 Å². The van der Waals surface area contributed by atoms with Crippen LogP contribution in [0, 0.1) is 5.82 Å². The zero-order valence-electron chi connectivity index (χ0n) is 18.9. The van der Waals surface area contributed by atoms with E-state index in [4.69, 9.17) is 9.47 Å². The number of piperidine rings is 1. The van der Waals surface area contributed by atoms with Gasteiger partial charge in [0.05, 0.1) is 23.6 Å². The topological polar surface area (TPSA) is 56.6 Å². The molecule has 0 radical (unpaired) electrons. The van der Waals surface area contributed by atoms with Crippen molar-refractivity contribution in [3.63, 3.8) is 0 Å². The summed E-state index contributed by atoms with van der Waals surface area (Å²) in [5.41, 5.74) is 2.01. The summed E-state index contributed by atoms with van der Waals surface area (Å²) >= 11 is 0. The standard InChI is InChI=1S/C25H30FN3O3/c1-25(2,3)32-24(30)28-14-7-6-11-20(28)17-31-23-27-21-12-4-5-13-22(21)29(23)16-18-9-8-10-19(26)15-18/h4-5,8-10,12-13,15,20H,6-7,11,14,16-17H2,1-3H3. The molecule has 1 saturated heterocycles. The van der Waals surface area contributed by atoms with E-state index in [0.29, 0.717) is 25.7 Å². The number of nitrogens with zero attached hydrogens (tertiary/aromatic N) is 3. The summed E-state index contributed by atoms with van der Waals surface area (Å²) in [5.74, 6) is -0.274. The van der Waals surface area contributed by atoms with Gasteiger partial charge in [0.15, 0.2) is 0 Å². The molecular formula is C25H30FN3O3. The Hall–Kier alpha value is -3.09. The van der Waals surface area contributed by atoms with Gasteiger partial charge in [-0.15, -0.1) is 0 Å². The zero-order valence-corrected chi connectivity index (χ0v) is 18.9. The van der Waals surface area contributed by atoms with E-state index in [0.717, 1.165) is 35.9 Å². The number of rotatable bonds is 5. The molecule has 0 saturated carbocycles. The van der Waals surface area contributed by atoms with Crippen LogP contribution in [0.5, 0.6) is 6.01 Å². The molecule has 0 aliphatic carbocycles. The van der Waals surface area contributed by atoms with E-state index >= 15 is 0 Å². The number of amides is 1. The summed E-state index contributed by atoms with van der Waals surface area (Å²) in [4.78, 5) is 19.1. The van der Waals surface area contributed by atoms with Crippen LogP contribution in [0.2, 0.25) is 0 Å². The first-order valence-corrected chi connectivity index (χ1v) is 11.1. The largest absolute Gasteiger partial charge is 0.462 e. The predicted molar refractivity (Wildman–Crippen MR) is 121 cm³/mol. The van der Waals surface area contributed by atoms with Crippen LogP contribution in [0.25, 0.3) is 11.0 Å². The number of hydrogen-bond donors (Lipinski definition) is 0. The molecule has 1 fully saturated rings. The van der Waals surface area contributed by atoms with Gasteiger partial charge in [0.2, 0.25) is 0 Å². The lowest BCUT2D eigenvalue weighted by atomic mass is 10.0. The molecule has 1 amide bonds. The summed E-state index contributed by atoms with van der Waals surface area (Å²) < 4.78 is 27.5. The zero-order chi connectivity index (χ0) is 22.7. The van der Waals surface area contributed by atoms with Crippen molar-refractivity contribution in [1.29, 1.82) is 0 Å². The van der Waals surface area contributed by atoms with Crippen molar-refractivity contribution < 1.29 is 18.7 Å². The second-order valence-electron chi connectivity index (χ2n) is 9.23. The van der Waals surface area contributed by atoms with Crippen molar-refractivity contribution in [3.05, 3.63) is 59.9 Å². The molecular weight excluding hydrogens is 409 g/mol. The van der Waals surface area contributed by atoms with E-state index in [2.05, 4.69) is 4.98 Å². The number of likely N-dealkylation sites (tertiary alicyclic amines) is 1. The number of halogens is 1. The molecule has 32 heavy (non-hydrogen) atoms. The third kappa shape index (κ3) is 5.21. The molecule has 7 heteroatoms. The maximum Gasteiger partial charge on any atom is 0.410 e. The first kappa shape index (κ1) is 22.1. The van der Waals surface area contributed by atoms with Gasteiger partial charge in [-0.25, -0.2) is 9.18 Å². The molecule has 1 aromatic heterocycles. The summed E-state index contributed by atoms with van der Waals surface area (Å²) in [6, 6.07) is 14.7. The molecule has 1 aliphatic heterocycles. The average Bonchev–Trinajstić information content (AvgIpc) is 3.09. The second-order valence-corrected chi connectivity index (χ2v) is 9.23. The molecule has 2 aromatic carbocycles. The number of benzene rings is 2. The Morgan fingerprint density at radius 3 is 2.75 bits per heavy atom. The highest BCUT2D eigenvalue weighted by Crippen LogP contribution is 2.25. The van der Waals surface area contributed by atoms with Crippen LogP contribution >= 0.6 is 0 Å². The maximum absolute atomic E-state index is 13.7. The van der Waals surface area contributed by atoms with Gasteiger partial charge >= 0.3 is 6.09 Å². The number of fused-ring (bicyclic) bond motifs is 1. The van der Waals surface area contributed by atoms with E-state index in [-0.39, 0.29) is 18.0 Å².